The van der Waals surface area contributed by atoms with E-state index in [1.807, 2.05) is 30.3 Å². The topological polar surface area (TPSA) is 79.8 Å². The Morgan fingerprint density at radius 1 is 1.30 bits per heavy atom. The fraction of sp³-hybridized carbons (Fsp3) is 0.588. The van der Waals surface area contributed by atoms with Crippen LogP contribution in [0, 0.1) is 0 Å². The summed E-state index contributed by atoms with van der Waals surface area (Å²) in [6.45, 7) is 1.00. The van der Waals surface area contributed by atoms with Crippen LogP contribution in [0.5, 0.6) is 0 Å². The molecule has 1 aliphatic carbocycles. The van der Waals surface area contributed by atoms with Gasteiger partial charge in [-0.2, -0.15) is 0 Å². The number of alkyl carbamates (subject to hydrolysis) is 1. The molecule has 1 unspecified atom stereocenters. The Hall–Kier alpha value is -1.63. The average molecular weight is 322 g/mol. The zero-order valence-electron chi connectivity index (χ0n) is 13.5. The second-order valence-corrected chi connectivity index (χ2v) is 5.90. The monoisotopic (exact) mass is 322 g/mol. The summed E-state index contributed by atoms with van der Waals surface area (Å²) in [5.41, 5.74) is 0.974. The number of ether oxygens (including phenoxy) is 2. The van der Waals surface area contributed by atoms with E-state index in [4.69, 9.17) is 14.6 Å². The molecule has 1 saturated carbocycles. The lowest BCUT2D eigenvalue weighted by Crippen LogP contribution is -2.55. The number of hydrogen-bond acceptors (Lipinski definition) is 5. The maximum atomic E-state index is 11.7. The molecule has 128 valence electrons. The molecule has 2 rings (SSSR count). The molecule has 1 aliphatic rings. The van der Waals surface area contributed by atoms with Crippen molar-refractivity contribution < 1.29 is 19.4 Å². The van der Waals surface area contributed by atoms with Crippen LogP contribution in [0.4, 0.5) is 4.79 Å². The summed E-state index contributed by atoms with van der Waals surface area (Å²) in [4.78, 5) is 11.7. The van der Waals surface area contributed by atoms with Crippen molar-refractivity contribution in [2.45, 2.75) is 44.0 Å². The molecule has 0 bridgehead atoms. The molecule has 1 aromatic carbocycles. The molecule has 0 radical (unpaired) electrons. The van der Waals surface area contributed by atoms with E-state index < -0.39 is 0 Å². The van der Waals surface area contributed by atoms with E-state index in [1.165, 1.54) is 0 Å². The van der Waals surface area contributed by atoms with Gasteiger partial charge in [0.05, 0.1) is 6.61 Å². The number of benzene rings is 1. The maximum Gasteiger partial charge on any atom is 0.407 e. The molecular weight excluding hydrogens is 296 g/mol. The predicted octanol–water partition coefficient (Wildman–Crippen LogP) is 1.43. The minimum Gasteiger partial charge on any atom is -0.445 e. The van der Waals surface area contributed by atoms with Crippen LogP contribution >= 0.6 is 0 Å². The summed E-state index contributed by atoms with van der Waals surface area (Å²) in [6, 6.07) is 10.3. The van der Waals surface area contributed by atoms with Crippen LogP contribution in [0.2, 0.25) is 0 Å². The van der Waals surface area contributed by atoms with Crippen LogP contribution in [0.15, 0.2) is 30.3 Å². The highest BCUT2D eigenvalue weighted by molar-refractivity contribution is 5.67. The number of nitrogens with one attached hydrogen (secondary N) is 2. The summed E-state index contributed by atoms with van der Waals surface area (Å²) in [7, 11) is 1.65. The highest BCUT2D eigenvalue weighted by atomic mass is 16.5. The van der Waals surface area contributed by atoms with Crippen LogP contribution in [-0.4, -0.2) is 49.6 Å². The molecule has 0 aliphatic heterocycles. The lowest BCUT2D eigenvalue weighted by atomic mass is 9.86. The first-order valence-electron chi connectivity index (χ1n) is 8.04. The Bertz CT molecular complexity index is 457. The van der Waals surface area contributed by atoms with Crippen molar-refractivity contribution in [2.24, 2.45) is 0 Å². The molecule has 1 aromatic rings. The Labute approximate surface area is 137 Å². The van der Waals surface area contributed by atoms with Crippen molar-refractivity contribution in [3.8, 4) is 0 Å². The Kier molecular flexibility index (Phi) is 7.32. The SMILES string of the molecule is COCC(CCO)NC1CC(NC(=O)OCc2ccccc2)C1. The van der Waals surface area contributed by atoms with E-state index in [1.54, 1.807) is 7.11 Å². The van der Waals surface area contributed by atoms with Crippen molar-refractivity contribution in [2.75, 3.05) is 20.3 Å². The molecule has 6 nitrogen and oxygen atoms in total. The van der Waals surface area contributed by atoms with Gasteiger partial charge >= 0.3 is 6.09 Å². The van der Waals surface area contributed by atoms with Crippen LogP contribution in [0.25, 0.3) is 0 Å². The minimum absolute atomic E-state index is 0.140. The number of methoxy groups -OCH3 is 1. The van der Waals surface area contributed by atoms with Gasteiger partial charge in [0.25, 0.3) is 0 Å². The molecule has 1 fully saturated rings. The molecule has 0 aromatic heterocycles. The normalized spacial score (nSPS) is 21.3. The fourth-order valence-corrected chi connectivity index (χ4v) is 2.71. The lowest BCUT2D eigenvalue weighted by Gasteiger charge is -2.38. The Morgan fingerprint density at radius 3 is 2.70 bits per heavy atom. The van der Waals surface area contributed by atoms with Gasteiger partial charge in [-0.1, -0.05) is 30.3 Å². The van der Waals surface area contributed by atoms with E-state index in [0.29, 0.717) is 19.1 Å². The van der Waals surface area contributed by atoms with Crippen molar-refractivity contribution in [1.29, 1.82) is 0 Å². The third-order valence-corrected chi connectivity index (χ3v) is 3.99. The zero-order valence-corrected chi connectivity index (χ0v) is 13.5. The van der Waals surface area contributed by atoms with E-state index in [-0.39, 0.29) is 31.4 Å². The van der Waals surface area contributed by atoms with E-state index in [2.05, 4.69) is 10.6 Å². The van der Waals surface area contributed by atoms with Gasteiger partial charge in [-0.15, -0.1) is 0 Å². The molecule has 23 heavy (non-hydrogen) atoms. The second kappa shape index (κ2) is 9.50. The average Bonchev–Trinajstić information content (AvgIpc) is 2.52. The fourth-order valence-electron chi connectivity index (χ4n) is 2.71. The van der Waals surface area contributed by atoms with Crippen LogP contribution < -0.4 is 10.6 Å². The van der Waals surface area contributed by atoms with Gasteiger partial charge in [0.1, 0.15) is 6.61 Å². The third kappa shape index (κ3) is 6.17. The first kappa shape index (κ1) is 17.7. The number of carbonyl (C=O) groups excluding carboxylic acids is 1. The molecule has 1 amide bonds. The quantitative estimate of drug-likeness (QED) is 0.641. The summed E-state index contributed by atoms with van der Waals surface area (Å²) in [5, 5.41) is 15.3. The van der Waals surface area contributed by atoms with Crippen LogP contribution in [-0.2, 0) is 16.1 Å². The summed E-state index contributed by atoms with van der Waals surface area (Å²) >= 11 is 0. The third-order valence-electron chi connectivity index (χ3n) is 3.99. The van der Waals surface area contributed by atoms with Crippen molar-refractivity contribution in [3.63, 3.8) is 0 Å². The first-order valence-corrected chi connectivity index (χ1v) is 8.04. The van der Waals surface area contributed by atoms with Crippen molar-refractivity contribution in [1.82, 2.24) is 10.6 Å². The Balaban J connectivity index is 1.60. The molecule has 0 heterocycles. The molecule has 0 saturated heterocycles. The zero-order chi connectivity index (χ0) is 16.5. The van der Waals surface area contributed by atoms with Crippen LogP contribution in [0.1, 0.15) is 24.8 Å². The molecule has 6 heteroatoms. The largest absolute Gasteiger partial charge is 0.445 e. The van der Waals surface area contributed by atoms with Crippen LogP contribution in [0.3, 0.4) is 0 Å². The van der Waals surface area contributed by atoms with Gasteiger partial charge in [-0.25, -0.2) is 4.79 Å². The van der Waals surface area contributed by atoms with Gasteiger partial charge in [0, 0.05) is 31.8 Å². The number of carbonyl (C=O) groups is 1. The van der Waals surface area contributed by atoms with E-state index >= 15 is 0 Å². The highest BCUT2D eigenvalue weighted by Crippen LogP contribution is 2.21. The van der Waals surface area contributed by atoms with E-state index in [0.717, 1.165) is 18.4 Å². The van der Waals surface area contributed by atoms with E-state index in [9.17, 15) is 4.79 Å². The van der Waals surface area contributed by atoms with Gasteiger partial charge < -0.3 is 25.2 Å². The van der Waals surface area contributed by atoms with Gasteiger partial charge in [-0.3, -0.25) is 0 Å². The summed E-state index contributed by atoms with van der Waals surface area (Å²) < 4.78 is 10.3. The van der Waals surface area contributed by atoms with Gasteiger partial charge in [0.2, 0.25) is 0 Å². The number of aliphatic hydroxyl groups is 1. The van der Waals surface area contributed by atoms with Gasteiger partial charge in [-0.05, 0) is 24.8 Å². The molecule has 3 N–H and O–H groups in total. The van der Waals surface area contributed by atoms with Crippen molar-refractivity contribution in [3.05, 3.63) is 35.9 Å². The van der Waals surface area contributed by atoms with Crippen molar-refractivity contribution >= 4 is 6.09 Å². The predicted molar refractivity (Wildman–Crippen MR) is 87.1 cm³/mol. The number of aliphatic hydroxyl groups excluding tert-OH is 1. The number of amides is 1. The first-order chi connectivity index (χ1) is 11.2. The number of rotatable bonds is 9. The molecule has 1 atom stereocenters. The summed E-state index contributed by atoms with van der Waals surface area (Å²) in [6.07, 6.45) is 2.03. The molecule has 0 spiro atoms. The number of hydrogen-bond donors (Lipinski definition) is 3. The highest BCUT2D eigenvalue weighted by Gasteiger charge is 2.31. The second-order valence-electron chi connectivity index (χ2n) is 5.90. The molecular formula is C17H26N2O4. The lowest BCUT2D eigenvalue weighted by molar-refractivity contribution is 0.112. The standard InChI is InChI=1S/C17H26N2O4/c1-22-12-14(7-8-20)18-15-9-16(10-15)19-17(21)23-11-13-5-3-2-4-6-13/h2-6,14-16,18,20H,7-12H2,1H3,(H,19,21). The minimum atomic E-state index is -0.374. The Morgan fingerprint density at radius 2 is 2.04 bits per heavy atom. The van der Waals surface area contributed by atoms with Gasteiger partial charge in [0.15, 0.2) is 0 Å². The maximum absolute atomic E-state index is 11.7. The smallest absolute Gasteiger partial charge is 0.407 e. The summed E-state index contributed by atoms with van der Waals surface area (Å²) in [5.74, 6) is 0.